The Kier molecular flexibility index (Phi) is 7.50. The number of benzene rings is 3. The summed E-state index contributed by atoms with van der Waals surface area (Å²) in [5, 5.41) is 7.69. The predicted octanol–water partition coefficient (Wildman–Crippen LogP) is 6.05. The fourth-order valence-corrected chi connectivity index (χ4v) is 5.01. The lowest BCUT2D eigenvalue weighted by Crippen LogP contribution is -2.58. The number of aromatic amines is 1. The molecule has 0 radical (unpaired) electrons. The molecule has 200 valence electrons. The number of H-pyrrole nitrogens is 1. The number of nitrogens with zero attached hydrogens (tertiary/aromatic N) is 3. The van der Waals surface area contributed by atoms with E-state index in [9.17, 15) is 9.59 Å². The number of carbonyl (C=O) groups is 2. The number of hydrogen-bond acceptors (Lipinski definition) is 4. The fourth-order valence-electron chi connectivity index (χ4n) is 5.01. The molecule has 0 saturated carbocycles. The normalized spacial score (nSPS) is 15.7. The van der Waals surface area contributed by atoms with E-state index >= 15 is 0 Å². The highest BCUT2D eigenvalue weighted by atomic mass is 16.6. The molecule has 0 aliphatic carbocycles. The van der Waals surface area contributed by atoms with Crippen molar-refractivity contribution in [1.82, 2.24) is 20.0 Å². The maximum Gasteiger partial charge on any atom is 0.410 e. The van der Waals surface area contributed by atoms with Crippen molar-refractivity contribution >= 4 is 12.0 Å². The first-order chi connectivity index (χ1) is 18.8. The van der Waals surface area contributed by atoms with Gasteiger partial charge in [0.25, 0.3) is 5.91 Å². The van der Waals surface area contributed by atoms with Crippen LogP contribution >= 0.6 is 0 Å². The number of amides is 2. The van der Waals surface area contributed by atoms with Crippen LogP contribution in [0.3, 0.4) is 0 Å². The summed E-state index contributed by atoms with van der Waals surface area (Å²) in [6, 6.07) is 29.6. The van der Waals surface area contributed by atoms with Crippen molar-refractivity contribution < 1.29 is 14.3 Å². The smallest absolute Gasteiger partial charge is 0.410 e. The van der Waals surface area contributed by atoms with Gasteiger partial charge in [-0.1, -0.05) is 91.0 Å². The van der Waals surface area contributed by atoms with Gasteiger partial charge in [0.1, 0.15) is 17.0 Å². The largest absolute Gasteiger partial charge is 0.444 e. The van der Waals surface area contributed by atoms with Gasteiger partial charge in [0.05, 0.1) is 6.04 Å². The molecule has 1 fully saturated rings. The molecule has 39 heavy (non-hydrogen) atoms. The summed E-state index contributed by atoms with van der Waals surface area (Å²) in [7, 11) is 0. The van der Waals surface area contributed by atoms with E-state index < -0.39 is 5.60 Å². The number of rotatable bonds is 5. The first kappa shape index (κ1) is 26.2. The van der Waals surface area contributed by atoms with Crippen LogP contribution in [0.1, 0.15) is 36.8 Å². The quantitative estimate of drug-likeness (QED) is 0.346. The van der Waals surface area contributed by atoms with E-state index in [0.717, 1.165) is 27.9 Å². The summed E-state index contributed by atoms with van der Waals surface area (Å²) in [5.74, 6) is -0.131. The molecular weight excluding hydrogens is 488 g/mol. The summed E-state index contributed by atoms with van der Waals surface area (Å²) in [5.41, 5.74) is 4.32. The van der Waals surface area contributed by atoms with Crippen LogP contribution in [0.15, 0.2) is 91.0 Å². The summed E-state index contributed by atoms with van der Waals surface area (Å²) in [4.78, 5) is 30.8. The van der Waals surface area contributed by atoms with Crippen LogP contribution in [0, 0.1) is 0 Å². The Hall–Kier alpha value is -4.39. The van der Waals surface area contributed by atoms with E-state index in [1.807, 2.05) is 117 Å². The zero-order valence-corrected chi connectivity index (χ0v) is 22.6. The minimum Gasteiger partial charge on any atom is -0.444 e. The molecule has 2 heterocycles. The lowest BCUT2D eigenvalue weighted by atomic mass is 9.97. The van der Waals surface area contributed by atoms with Crippen molar-refractivity contribution in [1.29, 1.82) is 0 Å². The Morgan fingerprint density at radius 2 is 1.46 bits per heavy atom. The number of nitrogens with one attached hydrogen (secondary N) is 1. The molecule has 7 heteroatoms. The number of hydrogen-bond donors (Lipinski definition) is 1. The number of carbonyl (C=O) groups excluding carboxylic acids is 2. The molecular formula is C32H34N4O3. The molecule has 1 saturated heterocycles. The third kappa shape index (κ3) is 6.03. The van der Waals surface area contributed by atoms with Gasteiger partial charge in [0, 0.05) is 30.8 Å². The van der Waals surface area contributed by atoms with Crippen LogP contribution in [-0.4, -0.2) is 63.3 Å². The average Bonchev–Trinajstić information content (AvgIpc) is 3.39. The second-order valence-corrected chi connectivity index (χ2v) is 10.8. The molecule has 1 aliphatic rings. The van der Waals surface area contributed by atoms with Crippen LogP contribution in [0.2, 0.25) is 0 Å². The third-order valence-electron chi connectivity index (χ3n) is 6.80. The van der Waals surface area contributed by atoms with Gasteiger partial charge in [-0.2, -0.15) is 5.10 Å². The molecule has 5 rings (SSSR count). The van der Waals surface area contributed by atoms with E-state index in [4.69, 9.17) is 4.74 Å². The standard InChI is InChI=1S/C32H34N4O3/c1-32(2,3)39-31(38)35-19-20-36(26(22-35)21-23-13-7-4-8-14-23)30(37)29-27(24-15-9-5-10-16-24)28(33-34-29)25-17-11-6-12-18-25/h4-18,26H,19-22H2,1-3H3,(H,33,34)/t26-/m1/s1. The molecule has 0 unspecified atom stereocenters. The van der Waals surface area contributed by atoms with E-state index in [2.05, 4.69) is 10.2 Å². The average molecular weight is 523 g/mol. The van der Waals surface area contributed by atoms with Crippen molar-refractivity contribution in [3.63, 3.8) is 0 Å². The summed E-state index contributed by atoms with van der Waals surface area (Å²) in [6.07, 6.45) is 0.261. The SMILES string of the molecule is CC(C)(C)OC(=O)N1CCN(C(=O)c2[nH]nc(-c3ccccc3)c2-c2ccccc2)[C@H](Cc2ccccc2)C1. The molecule has 2 amide bonds. The molecule has 7 nitrogen and oxygen atoms in total. The third-order valence-corrected chi connectivity index (χ3v) is 6.80. The van der Waals surface area contributed by atoms with Crippen molar-refractivity contribution in [2.45, 2.75) is 38.8 Å². The van der Waals surface area contributed by atoms with E-state index in [0.29, 0.717) is 31.7 Å². The zero-order chi connectivity index (χ0) is 27.4. The molecule has 1 atom stereocenters. The van der Waals surface area contributed by atoms with Crippen molar-refractivity contribution in [3.8, 4) is 22.4 Å². The first-order valence-corrected chi connectivity index (χ1v) is 13.3. The molecule has 0 spiro atoms. The number of ether oxygens (including phenoxy) is 1. The van der Waals surface area contributed by atoms with Gasteiger partial charge in [-0.3, -0.25) is 9.89 Å². The predicted molar refractivity (Wildman–Crippen MR) is 152 cm³/mol. The maximum absolute atomic E-state index is 14.3. The van der Waals surface area contributed by atoms with Gasteiger partial charge in [-0.25, -0.2) is 4.79 Å². The number of piperazine rings is 1. The van der Waals surface area contributed by atoms with E-state index in [1.165, 1.54) is 0 Å². The summed E-state index contributed by atoms with van der Waals surface area (Å²) < 4.78 is 5.65. The molecule has 1 aromatic heterocycles. The first-order valence-electron chi connectivity index (χ1n) is 13.3. The minimum atomic E-state index is -0.590. The van der Waals surface area contributed by atoms with Crippen molar-refractivity contribution in [3.05, 3.63) is 102 Å². The lowest BCUT2D eigenvalue weighted by molar-refractivity contribution is 0.00428. The summed E-state index contributed by atoms with van der Waals surface area (Å²) in [6.45, 7) is 6.76. The van der Waals surface area contributed by atoms with Crippen LogP contribution in [0.25, 0.3) is 22.4 Å². The van der Waals surface area contributed by atoms with E-state index in [1.54, 1.807) is 4.90 Å². The topological polar surface area (TPSA) is 78.5 Å². The Labute approximate surface area is 229 Å². The van der Waals surface area contributed by atoms with Gasteiger partial charge in [-0.05, 0) is 38.3 Å². The molecule has 0 bridgehead atoms. The van der Waals surface area contributed by atoms with Crippen LogP contribution in [-0.2, 0) is 11.2 Å². The Morgan fingerprint density at radius 3 is 2.08 bits per heavy atom. The van der Waals surface area contributed by atoms with Gasteiger partial charge >= 0.3 is 6.09 Å². The molecule has 3 aromatic carbocycles. The van der Waals surface area contributed by atoms with Crippen molar-refractivity contribution in [2.75, 3.05) is 19.6 Å². The monoisotopic (exact) mass is 522 g/mol. The van der Waals surface area contributed by atoms with Crippen LogP contribution < -0.4 is 0 Å². The summed E-state index contributed by atoms with van der Waals surface area (Å²) >= 11 is 0. The highest BCUT2D eigenvalue weighted by Gasteiger charge is 2.36. The number of aromatic nitrogens is 2. The zero-order valence-electron chi connectivity index (χ0n) is 22.6. The second-order valence-electron chi connectivity index (χ2n) is 10.8. The van der Waals surface area contributed by atoms with Gasteiger partial charge in [0.15, 0.2) is 0 Å². The Bertz CT molecular complexity index is 1410. The second kappa shape index (κ2) is 11.2. The lowest BCUT2D eigenvalue weighted by Gasteiger charge is -2.41. The highest BCUT2D eigenvalue weighted by molar-refractivity contribution is 6.03. The Balaban J connectivity index is 1.50. The molecule has 1 N–H and O–H groups in total. The maximum atomic E-state index is 14.3. The van der Waals surface area contributed by atoms with Gasteiger partial charge < -0.3 is 14.5 Å². The Morgan fingerprint density at radius 1 is 0.872 bits per heavy atom. The van der Waals surface area contributed by atoms with Gasteiger partial charge in [0.2, 0.25) is 0 Å². The fraction of sp³-hybridized carbons (Fsp3) is 0.281. The molecule has 1 aliphatic heterocycles. The van der Waals surface area contributed by atoms with Gasteiger partial charge in [-0.15, -0.1) is 0 Å². The molecule has 4 aromatic rings. The highest BCUT2D eigenvalue weighted by Crippen LogP contribution is 2.34. The van der Waals surface area contributed by atoms with Crippen LogP contribution in [0.5, 0.6) is 0 Å². The van der Waals surface area contributed by atoms with Crippen LogP contribution in [0.4, 0.5) is 4.79 Å². The van der Waals surface area contributed by atoms with Crippen molar-refractivity contribution in [2.24, 2.45) is 0 Å². The van der Waals surface area contributed by atoms with E-state index in [-0.39, 0.29) is 18.0 Å². The minimum absolute atomic E-state index is 0.131.